The molecule has 1 saturated carbocycles. The molecule has 6 N–H and O–H groups in total. The number of hydrogen-bond acceptors (Lipinski definition) is 7. The third-order valence-corrected chi connectivity index (χ3v) is 6.65. The standard InChI is InChI=1S/C16H19IN6O2S/c1-7-12(17)16(26-23-7)22-10-5-9(6-20-13(10)15(19)25)21-11(14(18)24)4-8-2-3-8/h5-6,8,11,21-22H,2-4H2,1H3,(H2,18,24)(H2,19,25). The van der Waals surface area contributed by atoms with Crippen molar-refractivity contribution in [3.05, 3.63) is 27.2 Å². The van der Waals surface area contributed by atoms with E-state index in [1.165, 1.54) is 17.7 Å². The Hall–Kier alpha value is -1.95. The number of primary amides is 2. The molecule has 26 heavy (non-hydrogen) atoms. The number of aryl methyl sites for hydroxylation is 1. The van der Waals surface area contributed by atoms with Gasteiger partial charge in [-0.25, -0.2) is 4.98 Å². The van der Waals surface area contributed by atoms with Crippen LogP contribution in [0.4, 0.5) is 16.4 Å². The van der Waals surface area contributed by atoms with Crippen molar-refractivity contribution in [2.45, 2.75) is 32.2 Å². The van der Waals surface area contributed by atoms with Crippen LogP contribution in [0.15, 0.2) is 12.3 Å². The Morgan fingerprint density at radius 2 is 2.15 bits per heavy atom. The van der Waals surface area contributed by atoms with E-state index in [2.05, 4.69) is 42.6 Å². The Morgan fingerprint density at radius 1 is 1.42 bits per heavy atom. The lowest BCUT2D eigenvalue weighted by Gasteiger charge is -2.17. The van der Waals surface area contributed by atoms with Crippen molar-refractivity contribution in [3.63, 3.8) is 0 Å². The number of rotatable bonds is 8. The summed E-state index contributed by atoms with van der Waals surface area (Å²) in [6.45, 7) is 1.91. The van der Waals surface area contributed by atoms with Gasteiger partial charge in [0.25, 0.3) is 5.91 Å². The van der Waals surface area contributed by atoms with Crippen LogP contribution >= 0.6 is 34.1 Å². The first-order valence-electron chi connectivity index (χ1n) is 8.09. The first kappa shape index (κ1) is 18.8. The summed E-state index contributed by atoms with van der Waals surface area (Å²) in [6, 6.07) is 1.24. The predicted molar refractivity (Wildman–Crippen MR) is 110 cm³/mol. The highest BCUT2D eigenvalue weighted by molar-refractivity contribution is 14.1. The molecule has 3 rings (SSSR count). The molecule has 1 aliphatic carbocycles. The molecule has 0 spiro atoms. The van der Waals surface area contributed by atoms with Gasteiger partial charge < -0.3 is 22.1 Å². The van der Waals surface area contributed by atoms with Crippen molar-refractivity contribution in [1.82, 2.24) is 9.36 Å². The molecule has 10 heteroatoms. The second kappa shape index (κ2) is 7.74. The minimum Gasteiger partial charge on any atom is -0.372 e. The zero-order valence-electron chi connectivity index (χ0n) is 14.1. The van der Waals surface area contributed by atoms with Crippen LogP contribution in [0.1, 0.15) is 35.4 Å². The number of carbonyl (C=O) groups is 2. The van der Waals surface area contributed by atoms with E-state index in [0.29, 0.717) is 23.7 Å². The largest absolute Gasteiger partial charge is 0.372 e. The first-order chi connectivity index (χ1) is 12.3. The molecule has 8 nitrogen and oxygen atoms in total. The number of carbonyl (C=O) groups excluding carboxylic acids is 2. The van der Waals surface area contributed by atoms with Gasteiger partial charge in [0.05, 0.1) is 26.8 Å². The molecule has 2 heterocycles. The number of pyridine rings is 1. The number of nitrogens with two attached hydrogens (primary N) is 2. The molecule has 1 unspecified atom stereocenters. The Kier molecular flexibility index (Phi) is 5.61. The van der Waals surface area contributed by atoms with Gasteiger partial charge in [0.15, 0.2) is 5.69 Å². The zero-order chi connectivity index (χ0) is 18.8. The number of hydrogen-bond donors (Lipinski definition) is 4. The number of aromatic nitrogens is 2. The van der Waals surface area contributed by atoms with Gasteiger partial charge in [0.1, 0.15) is 11.0 Å². The maximum Gasteiger partial charge on any atom is 0.269 e. The lowest BCUT2D eigenvalue weighted by molar-refractivity contribution is -0.118. The molecule has 0 aliphatic heterocycles. The van der Waals surface area contributed by atoms with Crippen LogP contribution in [-0.2, 0) is 4.79 Å². The smallest absolute Gasteiger partial charge is 0.269 e. The Labute approximate surface area is 168 Å². The van der Waals surface area contributed by atoms with Crippen LogP contribution in [0.3, 0.4) is 0 Å². The van der Waals surface area contributed by atoms with Gasteiger partial charge in [-0.05, 0) is 59.5 Å². The molecule has 0 saturated heterocycles. The van der Waals surface area contributed by atoms with Crippen LogP contribution in [-0.4, -0.2) is 27.2 Å². The summed E-state index contributed by atoms with van der Waals surface area (Å²) in [6.07, 6.45) is 4.43. The number of nitrogens with one attached hydrogen (secondary N) is 2. The van der Waals surface area contributed by atoms with Crippen molar-refractivity contribution in [3.8, 4) is 0 Å². The predicted octanol–water partition coefficient (Wildman–Crippen LogP) is 2.36. The van der Waals surface area contributed by atoms with Crippen LogP contribution in [0.2, 0.25) is 0 Å². The first-order valence-corrected chi connectivity index (χ1v) is 9.95. The van der Waals surface area contributed by atoms with Gasteiger partial charge in [0.2, 0.25) is 5.91 Å². The van der Waals surface area contributed by atoms with E-state index in [-0.39, 0.29) is 5.69 Å². The van der Waals surface area contributed by atoms with E-state index in [1.54, 1.807) is 6.07 Å². The maximum atomic E-state index is 11.7. The second-order valence-corrected chi connectivity index (χ2v) is 8.15. The molecule has 138 valence electrons. The Bertz CT molecular complexity index is 851. The maximum absolute atomic E-state index is 11.7. The average Bonchev–Trinajstić information content (AvgIpc) is 3.35. The minimum absolute atomic E-state index is 0.121. The van der Waals surface area contributed by atoms with E-state index >= 15 is 0 Å². The summed E-state index contributed by atoms with van der Waals surface area (Å²) in [5.41, 5.74) is 13.0. The fourth-order valence-corrected chi connectivity index (χ4v) is 3.95. The quantitative estimate of drug-likeness (QED) is 0.423. The normalized spacial score (nSPS) is 14.7. The third-order valence-electron chi connectivity index (χ3n) is 4.11. The van der Waals surface area contributed by atoms with Crippen LogP contribution in [0.5, 0.6) is 0 Å². The molecule has 0 bridgehead atoms. The number of halogens is 1. The lowest BCUT2D eigenvalue weighted by Crippen LogP contribution is -2.36. The van der Waals surface area contributed by atoms with Crippen molar-refractivity contribution in [2.75, 3.05) is 10.6 Å². The molecule has 1 fully saturated rings. The highest BCUT2D eigenvalue weighted by atomic mass is 127. The van der Waals surface area contributed by atoms with Crippen molar-refractivity contribution >= 4 is 62.3 Å². The summed E-state index contributed by atoms with van der Waals surface area (Å²) in [4.78, 5) is 27.6. The van der Waals surface area contributed by atoms with Gasteiger partial charge in [-0.15, -0.1) is 0 Å². The highest BCUT2D eigenvalue weighted by Gasteiger charge is 2.28. The fourth-order valence-electron chi connectivity index (χ4n) is 2.53. The van der Waals surface area contributed by atoms with Crippen LogP contribution in [0.25, 0.3) is 0 Å². The van der Waals surface area contributed by atoms with Gasteiger partial charge in [-0.1, -0.05) is 12.8 Å². The van der Waals surface area contributed by atoms with Crippen molar-refractivity contribution in [1.29, 1.82) is 0 Å². The van der Waals surface area contributed by atoms with Crippen molar-refractivity contribution in [2.24, 2.45) is 17.4 Å². The number of anilines is 3. The lowest BCUT2D eigenvalue weighted by atomic mass is 10.1. The molecule has 1 atom stereocenters. The monoisotopic (exact) mass is 486 g/mol. The topological polar surface area (TPSA) is 136 Å². The van der Waals surface area contributed by atoms with Crippen LogP contribution < -0.4 is 22.1 Å². The summed E-state index contributed by atoms with van der Waals surface area (Å²) in [5, 5.41) is 7.09. The second-order valence-electron chi connectivity index (χ2n) is 6.30. The zero-order valence-corrected chi connectivity index (χ0v) is 17.1. The molecule has 0 radical (unpaired) electrons. The molecule has 1 aliphatic rings. The molecule has 0 aromatic carbocycles. The molecule has 2 aromatic heterocycles. The van der Waals surface area contributed by atoms with Gasteiger partial charge >= 0.3 is 0 Å². The average molecular weight is 486 g/mol. The van der Waals surface area contributed by atoms with Crippen LogP contribution in [0, 0.1) is 16.4 Å². The SMILES string of the molecule is Cc1nsc(Nc2cc(NC(CC3CC3)C(N)=O)cnc2C(N)=O)c1I. The number of nitrogens with zero attached hydrogens (tertiary/aromatic N) is 2. The fraction of sp³-hybridized carbons (Fsp3) is 0.375. The van der Waals surface area contributed by atoms with E-state index in [1.807, 2.05) is 6.92 Å². The van der Waals surface area contributed by atoms with Gasteiger partial charge in [-0.3, -0.25) is 9.59 Å². The molecule has 2 aromatic rings. The molecule has 2 amide bonds. The summed E-state index contributed by atoms with van der Waals surface area (Å²) < 4.78 is 5.24. The van der Waals surface area contributed by atoms with E-state index in [9.17, 15) is 9.59 Å². The highest BCUT2D eigenvalue weighted by Crippen LogP contribution is 2.35. The molecular weight excluding hydrogens is 467 g/mol. The summed E-state index contributed by atoms with van der Waals surface area (Å²) >= 11 is 3.48. The Balaban J connectivity index is 1.86. The van der Waals surface area contributed by atoms with E-state index < -0.39 is 17.9 Å². The summed E-state index contributed by atoms with van der Waals surface area (Å²) in [7, 11) is 0. The van der Waals surface area contributed by atoms with E-state index in [4.69, 9.17) is 11.5 Å². The summed E-state index contributed by atoms with van der Waals surface area (Å²) in [5.74, 6) is -0.505. The Morgan fingerprint density at radius 3 is 2.69 bits per heavy atom. The van der Waals surface area contributed by atoms with Gasteiger partial charge in [0, 0.05) is 0 Å². The van der Waals surface area contributed by atoms with Crippen molar-refractivity contribution < 1.29 is 9.59 Å². The van der Waals surface area contributed by atoms with E-state index in [0.717, 1.165) is 27.1 Å². The van der Waals surface area contributed by atoms with Gasteiger partial charge in [-0.2, -0.15) is 4.37 Å². The minimum atomic E-state index is -0.639. The third kappa shape index (κ3) is 4.41. The molecular formula is C16H19IN6O2S. The number of amides is 2.